The number of unbranched alkanes of at least 4 members (excludes halogenated alkanes) is 1. The van der Waals surface area contributed by atoms with Gasteiger partial charge in [0.2, 0.25) is 0 Å². The van der Waals surface area contributed by atoms with E-state index in [-0.39, 0.29) is 23.7 Å². The summed E-state index contributed by atoms with van der Waals surface area (Å²) in [6, 6.07) is 9.80. The lowest BCUT2D eigenvalue weighted by Crippen LogP contribution is -2.34. The molecule has 0 spiro atoms. The predicted octanol–water partition coefficient (Wildman–Crippen LogP) is 3.61. The van der Waals surface area contributed by atoms with Crippen LogP contribution in [0.3, 0.4) is 0 Å². The highest BCUT2D eigenvalue weighted by Gasteiger charge is 2.45. The molecule has 1 amide bonds. The van der Waals surface area contributed by atoms with Gasteiger partial charge in [-0.1, -0.05) is 31.5 Å². The zero-order valence-corrected chi connectivity index (χ0v) is 15.0. The number of fused-ring (bicyclic) bond motifs is 1. The van der Waals surface area contributed by atoms with E-state index in [0.717, 1.165) is 36.7 Å². The Bertz CT molecular complexity index is 719. The fraction of sp³-hybridized carbons (Fsp3) is 0.500. The van der Waals surface area contributed by atoms with E-state index in [0.29, 0.717) is 18.8 Å². The molecule has 0 unspecified atom stereocenters. The SMILES string of the molecule is CCCCN(C[C@@H]1C[C@H]1C(=O)OCC)C(=O)c1cc2ccccc2[nH]1. The van der Waals surface area contributed by atoms with Gasteiger partial charge in [-0.2, -0.15) is 0 Å². The van der Waals surface area contributed by atoms with E-state index in [4.69, 9.17) is 4.74 Å². The van der Waals surface area contributed by atoms with E-state index in [1.807, 2.05) is 42.2 Å². The first-order valence-electron chi connectivity index (χ1n) is 9.17. The number of aromatic nitrogens is 1. The molecule has 1 fully saturated rings. The minimum atomic E-state index is -0.124. The van der Waals surface area contributed by atoms with Gasteiger partial charge < -0.3 is 14.6 Å². The van der Waals surface area contributed by atoms with Gasteiger partial charge in [-0.15, -0.1) is 0 Å². The maximum Gasteiger partial charge on any atom is 0.309 e. The number of nitrogens with zero attached hydrogens (tertiary/aromatic N) is 1. The van der Waals surface area contributed by atoms with Crippen LogP contribution in [0, 0.1) is 11.8 Å². The Balaban J connectivity index is 1.69. The van der Waals surface area contributed by atoms with Gasteiger partial charge in [-0.3, -0.25) is 9.59 Å². The predicted molar refractivity (Wildman–Crippen MR) is 97.3 cm³/mol. The van der Waals surface area contributed by atoms with E-state index >= 15 is 0 Å². The monoisotopic (exact) mass is 342 g/mol. The third-order valence-electron chi connectivity index (χ3n) is 4.80. The molecular formula is C20H26N2O3. The largest absolute Gasteiger partial charge is 0.466 e. The van der Waals surface area contributed by atoms with Crippen molar-refractivity contribution in [3.05, 3.63) is 36.0 Å². The first-order valence-corrected chi connectivity index (χ1v) is 9.17. The van der Waals surface area contributed by atoms with Crippen molar-refractivity contribution in [1.82, 2.24) is 9.88 Å². The van der Waals surface area contributed by atoms with E-state index in [1.54, 1.807) is 0 Å². The normalized spacial score (nSPS) is 19.0. The number of benzene rings is 1. The molecule has 25 heavy (non-hydrogen) atoms. The Kier molecular flexibility index (Phi) is 5.41. The number of nitrogens with one attached hydrogen (secondary N) is 1. The molecule has 0 saturated heterocycles. The average molecular weight is 342 g/mol. The van der Waals surface area contributed by atoms with Crippen molar-refractivity contribution in [2.75, 3.05) is 19.7 Å². The van der Waals surface area contributed by atoms with Crippen molar-refractivity contribution in [3.8, 4) is 0 Å². The molecular weight excluding hydrogens is 316 g/mol. The molecule has 3 rings (SSSR count). The molecule has 134 valence electrons. The molecule has 1 aliphatic carbocycles. The second-order valence-corrected chi connectivity index (χ2v) is 6.73. The van der Waals surface area contributed by atoms with Crippen molar-refractivity contribution in [2.45, 2.75) is 33.1 Å². The first-order chi connectivity index (χ1) is 12.1. The average Bonchev–Trinajstić information content (AvgIpc) is 3.25. The smallest absolute Gasteiger partial charge is 0.309 e. The molecule has 0 aliphatic heterocycles. The van der Waals surface area contributed by atoms with E-state index < -0.39 is 0 Å². The molecule has 5 heteroatoms. The second-order valence-electron chi connectivity index (χ2n) is 6.73. The highest BCUT2D eigenvalue weighted by molar-refractivity contribution is 5.98. The topological polar surface area (TPSA) is 62.4 Å². The molecule has 0 bridgehead atoms. The third kappa shape index (κ3) is 4.03. The van der Waals surface area contributed by atoms with Gasteiger partial charge in [0.1, 0.15) is 5.69 Å². The van der Waals surface area contributed by atoms with Gasteiger partial charge in [0.25, 0.3) is 5.91 Å². The number of amides is 1. The number of hydrogen-bond acceptors (Lipinski definition) is 3. The number of ether oxygens (including phenoxy) is 1. The van der Waals surface area contributed by atoms with E-state index in [2.05, 4.69) is 11.9 Å². The molecule has 1 aliphatic rings. The molecule has 1 aromatic heterocycles. The van der Waals surface area contributed by atoms with Crippen molar-refractivity contribution in [3.63, 3.8) is 0 Å². The van der Waals surface area contributed by atoms with Crippen LogP contribution < -0.4 is 0 Å². The highest BCUT2D eigenvalue weighted by atomic mass is 16.5. The summed E-state index contributed by atoms with van der Waals surface area (Å²) in [5, 5.41) is 1.04. The maximum atomic E-state index is 13.0. The van der Waals surface area contributed by atoms with Gasteiger partial charge in [-0.25, -0.2) is 0 Å². The van der Waals surface area contributed by atoms with Crippen LogP contribution in [0.4, 0.5) is 0 Å². The summed E-state index contributed by atoms with van der Waals surface area (Å²) in [4.78, 5) is 29.9. The van der Waals surface area contributed by atoms with Crippen LogP contribution in [0.15, 0.2) is 30.3 Å². The minimum absolute atomic E-state index is 0.0131. The van der Waals surface area contributed by atoms with E-state index in [1.165, 1.54) is 0 Å². The van der Waals surface area contributed by atoms with Crippen LogP contribution in [0.2, 0.25) is 0 Å². The standard InChI is InChI=1S/C20H26N2O3/c1-3-5-10-22(13-15-11-16(15)20(24)25-4-2)19(23)18-12-14-8-6-7-9-17(14)21-18/h6-9,12,15-16,21H,3-5,10-11,13H2,1-2H3/t15-,16+/m0/s1. The lowest BCUT2D eigenvalue weighted by Gasteiger charge is -2.22. The molecule has 1 heterocycles. The summed E-state index contributed by atoms with van der Waals surface area (Å²) >= 11 is 0. The van der Waals surface area contributed by atoms with Gasteiger partial charge in [0, 0.05) is 24.0 Å². The quantitative estimate of drug-likeness (QED) is 0.746. The van der Waals surface area contributed by atoms with Crippen LogP contribution in [0.25, 0.3) is 10.9 Å². The summed E-state index contributed by atoms with van der Waals surface area (Å²) in [5.74, 6) is 0.0731. The maximum absolute atomic E-state index is 13.0. The number of esters is 1. The Morgan fingerprint density at radius 2 is 2.08 bits per heavy atom. The molecule has 1 saturated carbocycles. The van der Waals surface area contributed by atoms with Crippen LogP contribution in [-0.2, 0) is 9.53 Å². The lowest BCUT2D eigenvalue weighted by molar-refractivity contribution is -0.145. The van der Waals surface area contributed by atoms with Gasteiger partial charge >= 0.3 is 5.97 Å². The number of carbonyl (C=O) groups excluding carboxylic acids is 2. The number of rotatable bonds is 8. The molecule has 0 radical (unpaired) electrons. The van der Waals surface area contributed by atoms with Gasteiger partial charge in [0.05, 0.1) is 12.5 Å². The summed E-state index contributed by atoms with van der Waals surface area (Å²) in [6.07, 6.45) is 2.81. The summed E-state index contributed by atoms with van der Waals surface area (Å²) < 4.78 is 5.10. The molecule has 5 nitrogen and oxygen atoms in total. The molecule has 2 aromatic rings. The number of H-pyrrole nitrogens is 1. The van der Waals surface area contributed by atoms with Crippen molar-refractivity contribution in [1.29, 1.82) is 0 Å². The fourth-order valence-electron chi connectivity index (χ4n) is 3.25. The molecule has 1 aromatic carbocycles. The number of aromatic amines is 1. The minimum Gasteiger partial charge on any atom is -0.466 e. The Labute approximate surface area is 148 Å². The number of para-hydroxylation sites is 1. The van der Waals surface area contributed by atoms with Crippen LogP contribution in [0.5, 0.6) is 0 Å². The van der Waals surface area contributed by atoms with Gasteiger partial charge in [-0.05, 0) is 37.8 Å². The number of hydrogen-bond donors (Lipinski definition) is 1. The zero-order chi connectivity index (χ0) is 17.8. The van der Waals surface area contributed by atoms with Crippen molar-refractivity contribution in [2.24, 2.45) is 11.8 Å². The zero-order valence-electron chi connectivity index (χ0n) is 15.0. The lowest BCUT2D eigenvalue weighted by atomic mass is 10.2. The molecule has 2 atom stereocenters. The molecule has 1 N–H and O–H groups in total. The van der Waals surface area contributed by atoms with Crippen LogP contribution >= 0.6 is 0 Å². The van der Waals surface area contributed by atoms with Crippen molar-refractivity contribution >= 4 is 22.8 Å². The van der Waals surface area contributed by atoms with Crippen LogP contribution in [-0.4, -0.2) is 41.5 Å². The Hall–Kier alpha value is -2.30. The van der Waals surface area contributed by atoms with Gasteiger partial charge in [0.15, 0.2) is 0 Å². The van der Waals surface area contributed by atoms with Crippen molar-refractivity contribution < 1.29 is 14.3 Å². The highest BCUT2D eigenvalue weighted by Crippen LogP contribution is 2.40. The van der Waals surface area contributed by atoms with E-state index in [9.17, 15) is 9.59 Å². The summed E-state index contributed by atoms with van der Waals surface area (Å²) in [7, 11) is 0. The second kappa shape index (κ2) is 7.72. The first kappa shape index (κ1) is 17.5. The Morgan fingerprint density at radius 1 is 1.28 bits per heavy atom. The third-order valence-corrected chi connectivity index (χ3v) is 4.80. The number of carbonyl (C=O) groups is 2. The fourth-order valence-corrected chi connectivity index (χ4v) is 3.25. The Morgan fingerprint density at radius 3 is 2.80 bits per heavy atom. The summed E-state index contributed by atoms with van der Waals surface area (Å²) in [6.45, 7) is 5.69. The van der Waals surface area contributed by atoms with Crippen LogP contribution in [0.1, 0.15) is 43.6 Å². The summed E-state index contributed by atoms with van der Waals surface area (Å²) in [5.41, 5.74) is 1.59.